The molecule has 15 heavy (non-hydrogen) atoms. The Hall–Kier alpha value is -1.13. The molecule has 2 N–H and O–H groups in total. The largest absolute Gasteiger partial charge is 0.395 e. The highest BCUT2D eigenvalue weighted by molar-refractivity contribution is 9.10. The Morgan fingerprint density at radius 1 is 1.33 bits per heavy atom. The van der Waals surface area contributed by atoms with E-state index in [0.29, 0.717) is 6.54 Å². The number of benzene rings is 1. The van der Waals surface area contributed by atoms with Gasteiger partial charge in [0.2, 0.25) is 0 Å². The van der Waals surface area contributed by atoms with Crippen LogP contribution in [-0.4, -0.2) is 23.2 Å². The molecule has 4 heteroatoms. The molecule has 1 heterocycles. The molecule has 0 aliphatic carbocycles. The number of aromatic nitrogens is 1. The van der Waals surface area contributed by atoms with Gasteiger partial charge in [-0.15, -0.1) is 0 Å². The lowest BCUT2D eigenvalue weighted by molar-refractivity contribution is 0.311. The second-order valence-electron chi connectivity index (χ2n) is 3.17. The summed E-state index contributed by atoms with van der Waals surface area (Å²) in [5.74, 6) is 0. The Labute approximate surface area is 96.3 Å². The molecule has 0 saturated heterocycles. The maximum Gasteiger partial charge on any atom is 0.0733 e. The molecular weight excluding hydrogens is 256 g/mol. The van der Waals surface area contributed by atoms with Crippen molar-refractivity contribution in [2.75, 3.05) is 18.5 Å². The van der Waals surface area contributed by atoms with Crippen molar-refractivity contribution < 1.29 is 5.11 Å². The Morgan fingerprint density at radius 2 is 2.20 bits per heavy atom. The average Bonchev–Trinajstić information content (AvgIpc) is 2.25. The molecule has 2 rings (SSSR count). The molecule has 0 amide bonds. The first-order chi connectivity index (χ1) is 7.31. The van der Waals surface area contributed by atoms with E-state index in [2.05, 4.69) is 26.2 Å². The standard InChI is InChI=1S/C11H11BrN2O/c12-8-1-2-9-10(14-5-6-15)3-4-13-11(9)7-8/h1-4,7,15H,5-6H2,(H,13,14). The highest BCUT2D eigenvalue weighted by Crippen LogP contribution is 2.24. The summed E-state index contributed by atoms with van der Waals surface area (Å²) in [6, 6.07) is 7.87. The van der Waals surface area contributed by atoms with Gasteiger partial charge in [0.1, 0.15) is 0 Å². The number of aliphatic hydroxyl groups excluding tert-OH is 1. The maximum absolute atomic E-state index is 8.76. The van der Waals surface area contributed by atoms with Crippen LogP contribution in [0.3, 0.4) is 0 Å². The summed E-state index contributed by atoms with van der Waals surface area (Å²) in [7, 11) is 0. The normalized spacial score (nSPS) is 10.5. The number of nitrogens with one attached hydrogen (secondary N) is 1. The number of hydrogen-bond donors (Lipinski definition) is 2. The zero-order valence-electron chi connectivity index (χ0n) is 8.07. The Bertz CT molecular complexity index is 473. The smallest absolute Gasteiger partial charge is 0.0733 e. The van der Waals surface area contributed by atoms with Gasteiger partial charge in [-0.1, -0.05) is 15.9 Å². The zero-order valence-corrected chi connectivity index (χ0v) is 9.66. The van der Waals surface area contributed by atoms with Crippen LogP contribution < -0.4 is 5.32 Å². The zero-order chi connectivity index (χ0) is 10.7. The van der Waals surface area contributed by atoms with Gasteiger partial charge < -0.3 is 10.4 Å². The maximum atomic E-state index is 8.76. The molecular formula is C11H11BrN2O. The number of anilines is 1. The van der Waals surface area contributed by atoms with E-state index in [4.69, 9.17) is 5.11 Å². The third-order valence-electron chi connectivity index (χ3n) is 2.13. The van der Waals surface area contributed by atoms with E-state index >= 15 is 0 Å². The first-order valence-corrected chi connectivity index (χ1v) is 5.49. The molecule has 0 fully saturated rings. The Morgan fingerprint density at radius 3 is 3.00 bits per heavy atom. The molecule has 0 unspecified atom stereocenters. The van der Waals surface area contributed by atoms with Gasteiger partial charge in [-0.25, -0.2) is 0 Å². The monoisotopic (exact) mass is 266 g/mol. The van der Waals surface area contributed by atoms with Crippen LogP contribution in [0.15, 0.2) is 34.9 Å². The number of pyridine rings is 1. The fourth-order valence-electron chi connectivity index (χ4n) is 1.47. The van der Waals surface area contributed by atoms with Gasteiger partial charge in [0, 0.05) is 28.3 Å². The summed E-state index contributed by atoms with van der Waals surface area (Å²) in [4.78, 5) is 4.28. The predicted octanol–water partition coefficient (Wildman–Crippen LogP) is 2.40. The first kappa shape index (κ1) is 10.4. The van der Waals surface area contributed by atoms with Crippen molar-refractivity contribution in [2.24, 2.45) is 0 Å². The van der Waals surface area contributed by atoms with E-state index in [-0.39, 0.29) is 6.61 Å². The van der Waals surface area contributed by atoms with Gasteiger partial charge in [-0.05, 0) is 24.3 Å². The van der Waals surface area contributed by atoms with E-state index in [1.165, 1.54) is 0 Å². The summed E-state index contributed by atoms with van der Waals surface area (Å²) in [5.41, 5.74) is 1.94. The SMILES string of the molecule is OCCNc1ccnc2cc(Br)ccc12. The molecule has 3 nitrogen and oxygen atoms in total. The van der Waals surface area contributed by atoms with Crippen molar-refractivity contribution in [2.45, 2.75) is 0 Å². The number of rotatable bonds is 3. The summed E-state index contributed by atoms with van der Waals surface area (Å²) in [6.07, 6.45) is 1.76. The molecule has 0 aliphatic rings. The van der Waals surface area contributed by atoms with Crippen molar-refractivity contribution in [1.29, 1.82) is 0 Å². The van der Waals surface area contributed by atoms with Gasteiger partial charge in [0.15, 0.2) is 0 Å². The van der Waals surface area contributed by atoms with Crippen LogP contribution in [0.1, 0.15) is 0 Å². The lowest BCUT2D eigenvalue weighted by Gasteiger charge is -2.07. The van der Waals surface area contributed by atoms with Crippen LogP contribution in [0.25, 0.3) is 10.9 Å². The van der Waals surface area contributed by atoms with E-state index in [9.17, 15) is 0 Å². The Kier molecular flexibility index (Phi) is 3.18. The molecule has 1 aromatic carbocycles. The number of nitrogens with zero attached hydrogens (tertiary/aromatic N) is 1. The second kappa shape index (κ2) is 4.59. The number of fused-ring (bicyclic) bond motifs is 1. The quantitative estimate of drug-likeness (QED) is 0.897. The summed E-state index contributed by atoms with van der Waals surface area (Å²) in [5, 5.41) is 13.0. The summed E-state index contributed by atoms with van der Waals surface area (Å²) >= 11 is 3.41. The third kappa shape index (κ3) is 2.27. The van der Waals surface area contributed by atoms with Crippen molar-refractivity contribution >= 4 is 32.5 Å². The molecule has 1 aromatic heterocycles. The minimum Gasteiger partial charge on any atom is -0.395 e. The molecule has 0 bridgehead atoms. The van der Waals surface area contributed by atoms with Crippen molar-refractivity contribution in [3.8, 4) is 0 Å². The lowest BCUT2D eigenvalue weighted by Crippen LogP contribution is -2.05. The molecule has 0 saturated carbocycles. The van der Waals surface area contributed by atoms with Crippen LogP contribution in [0.5, 0.6) is 0 Å². The molecule has 2 aromatic rings. The molecule has 0 atom stereocenters. The number of hydrogen-bond acceptors (Lipinski definition) is 3. The highest BCUT2D eigenvalue weighted by atomic mass is 79.9. The van der Waals surface area contributed by atoms with E-state index in [1.54, 1.807) is 6.20 Å². The summed E-state index contributed by atoms with van der Waals surface area (Å²) < 4.78 is 1.02. The minimum atomic E-state index is 0.125. The summed E-state index contributed by atoms with van der Waals surface area (Å²) in [6.45, 7) is 0.676. The first-order valence-electron chi connectivity index (χ1n) is 4.70. The number of halogens is 1. The molecule has 0 radical (unpaired) electrons. The van der Waals surface area contributed by atoms with Crippen LogP contribution in [0.4, 0.5) is 5.69 Å². The van der Waals surface area contributed by atoms with Gasteiger partial charge in [-0.2, -0.15) is 0 Å². The fourth-order valence-corrected chi connectivity index (χ4v) is 1.81. The third-order valence-corrected chi connectivity index (χ3v) is 2.63. The fraction of sp³-hybridized carbons (Fsp3) is 0.182. The van der Waals surface area contributed by atoms with Crippen LogP contribution in [-0.2, 0) is 0 Å². The molecule has 0 spiro atoms. The van der Waals surface area contributed by atoms with E-state index in [1.807, 2.05) is 24.3 Å². The Balaban J connectivity index is 2.46. The highest BCUT2D eigenvalue weighted by Gasteiger charge is 2.01. The number of aliphatic hydroxyl groups is 1. The van der Waals surface area contributed by atoms with Crippen LogP contribution >= 0.6 is 15.9 Å². The van der Waals surface area contributed by atoms with Gasteiger partial charge in [0.05, 0.1) is 12.1 Å². The topological polar surface area (TPSA) is 45.1 Å². The van der Waals surface area contributed by atoms with Crippen LogP contribution in [0, 0.1) is 0 Å². The average molecular weight is 267 g/mol. The predicted molar refractivity (Wildman–Crippen MR) is 65.0 cm³/mol. The lowest BCUT2D eigenvalue weighted by atomic mass is 10.2. The minimum absolute atomic E-state index is 0.125. The molecule has 0 aliphatic heterocycles. The van der Waals surface area contributed by atoms with Crippen molar-refractivity contribution in [3.63, 3.8) is 0 Å². The van der Waals surface area contributed by atoms with Gasteiger partial charge in [-0.3, -0.25) is 4.98 Å². The van der Waals surface area contributed by atoms with Crippen molar-refractivity contribution in [3.05, 3.63) is 34.9 Å². The molecule has 78 valence electrons. The van der Waals surface area contributed by atoms with Gasteiger partial charge >= 0.3 is 0 Å². The van der Waals surface area contributed by atoms with Gasteiger partial charge in [0.25, 0.3) is 0 Å². The second-order valence-corrected chi connectivity index (χ2v) is 4.09. The van der Waals surface area contributed by atoms with E-state index in [0.717, 1.165) is 21.1 Å². The van der Waals surface area contributed by atoms with E-state index < -0.39 is 0 Å². The van der Waals surface area contributed by atoms with Crippen LogP contribution in [0.2, 0.25) is 0 Å². The van der Waals surface area contributed by atoms with Crippen molar-refractivity contribution in [1.82, 2.24) is 4.98 Å².